The fourth-order valence-electron chi connectivity index (χ4n) is 4.23. The van der Waals surface area contributed by atoms with Crippen molar-refractivity contribution in [2.24, 2.45) is 0 Å². The Bertz CT molecular complexity index is 1310. The van der Waals surface area contributed by atoms with Crippen LogP contribution in [0.4, 0.5) is 5.82 Å². The van der Waals surface area contributed by atoms with E-state index in [2.05, 4.69) is 35.1 Å². The van der Waals surface area contributed by atoms with Gasteiger partial charge in [-0.3, -0.25) is 4.79 Å². The van der Waals surface area contributed by atoms with Crippen LogP contribution < -0.4 is 15.0 Å². The molecule has 2 atom stereocenters. The number of H-pyrrole nitrogens is 1. The standard InChI is InChI=1S/C24H27N7O3/c1-15(33-2)11-25-24(32)19-10-20(17-7-3-4-8-18(17)30-19)34-12-16-6-5-9-31(16)23-21-22(27-13-26-21)28-14-29-23/h3-4,7-8,10,13-16H,5-6,9,11-12H2,1-2H3,(H,25,32)(H,26,27,28,29)/t15?,16-/m1/s1. The number of anilines is 1. The number of methoxy groups -OCH3 is 1. The summed E-state index contributed by atoms with van der Waals surface area (Å²) in [5, 5.41) is 3.74. The van der Waals surface area contributed by atoms with Crippen LogP contribution in [-0.2, 0) is 4.74 Å². The maximum atomic E-state index is 12.7. The van der Waals surface area contributed by atoms with Crippen molar-refractivity contribution in [3.8, 4) is 5.75 Å². The highest BCUT2D eigenvalue weighted by Crippen LogP contribution is 2.30. The smallest absolute Gasteiger partial charge is 0.270 e. The molecule has 34 heavy (non-hydrogen) atoms. The number of fused-ring (bicyclic) bond motifs is 2. The Kier molecular flexibility index (Phi) is 6.22. The lowest BCUT2D eigenvalue weighted by Gasteiger charge is -2.26. The molecule has 0 saturated carbocycles. The van der Waals surface area contributed by atoms with Crippen LogP contribution in [0.25, 0.3) is 22.1 Å². The summed E-state index contributed by atoms with van der Waals surface area (Å²) in [5.41, 5.74) is 2.50. The number of carbonyl (C=O) groups excluding carboxylic acids is 1. The number of imidazole rings is 1. The second kappa shape index (κ2) is 9.60. The fraction of sp³-hybridized carbons (Fsp3) is 0.375. The van der Waals surface area contributed by atoms with Crippen LogP contribution >= 0.6 is 0 Å². The van der Waals surface area contributed by atoms with E-state index < -0.39 is 0 Å². The van der Waals surface area contributed by atoms with Gasteiger partial charge in [0.05, 0.1) is 24.0 Å². The van der Waals surface area contributed by atoms with Gasteiger partial charge in [-0.05, 0) is 31.9 Å². The van der Waals surface area contributed by atoms with Gasteiger partial charge in [-0.1, -0.05) is 12.1 Å². The Labute approximate surface area is 196 Å². The number of hydrogen-bond donors (Lipinski definition) is 2. The highest BCUT2D eigenvalue weighted by Gasteiger charge is 2.28. The summed E-state index contributed by atoms with van der Waals surface area (Å²) in [5.74, 6) is 1.21. The van der Waals surface area contributed by atoms with E-state index in [9.17, 15) is 4.79 Å². The number of hydrogen-bond acceptors (Lipinski definition) is 8. The number of benzene rings is 1. The molecule has 0 aliphatic carbocycles. The molecule has 0 spiro atoms. The minimum Gasteiger partial charge on any atom is -0.491 e. The van der Waals surface area contributed by atoms with Gasteiger partial charge < -0.3 is 24.7 Å². The van der Waals surface area contributed by atoms with Gasteiger partial charge in [0.1, 0.15) is 29.9 Å². The zero-order valence-electron chi connectivity index (χ0n) is 19.2. The molecule has 10 nitrogen and oxygen atoms in total. The molecule has 10 heteroatoms. The molecular formula is C24H27N7O3. The Morgan fingerprint density at radius 1 is 1.29 bits per heavy atom. The average Bonchev–Trinajstić information content (AvgIpc) is 3.54. The van der Waals surface area contributed by atoms with Crippen LogP contribution in [0.3, 0.4) is 0 Å². The van der Waals surface area contributed by atoms with Gasteiger partial charge >= 0.3 is 0 Å². The number of amides is 1. The molecule has 0 bridgehead atoms. The van der Waals surface area contributed by atoms with Crippen LogP contribution in [0.1, 0.15) is 30.3 Å². The Morgan fingerprint density at radius 2 is 2.18 bits per heavy atom. The number of nitrogens with one attached hydrogen (secondary N) is 2. The van der Waals surface area contributed by atoms with E-state index >= 15 is 0 Å². The van der Waals surface area contributed by atoms with Crippen molar-refractivity contribution in [3.05, 3.63) is 48.7 Å². The number of pyridine rings is 1. The minimum absolute atomic E-state index is 0.0865. The van der Waals surface area contributed by atoms with Crippen LogP contribution in [0.15, 0.2) is 43.0 Å². The number of aromatic nitrogens is 5. The molecule has 1 unspecified atom stereocenters. The number of ether oxygens (including phenoxy) is 2. The third-order valence-corrected chi connectivity index (χ3v) is 6.15. The molecular weight excluding hydrogens is 434 g/mol. The Hall–Kier alpha value is -3.79. The zero-order valence-corrected chi connectivity index (χ0v) is 19.2. The lowest BCUT2D eigenvalue weighted by Crippen LogP contribution is -2.35. The monoisotopic (exact) mass is 461 g/mol. The van der Waals surface area contributed by atoms with Gasteiger partial charge in [-0.25, -0.2) is 19.9 Å². The van der Waals surface area contributed by atoms with E-state index in [-0.39, 0.29) is 18.1 Å². The third kappa shape index (κ3) is 4.36. The van der Waals surface area contributed by atoms with Crippen molar-refractivity contribution >= 4 is 33.8 Å². The predicted octanol–water partition coefficient (Wildman–Crippen LogP) is 2.71. The molecule has 4 heterocycles. The van der Waals surface area contributed by atoms with E-state index in [0.29, 0.717) is 35.8 Å². The van der Waals surface area contributed by atoms with Crippen molar-refractivity contribution in [1.29, 1.82) is 0 Å². The van der Waals surface area contributed by atoms with Gasteiger partial charge in [-0.2, -0.15) is 0 Å². The molecule has 1 aliphatic heterocycles. The number of rotatable bonds is 8. The molecule has 5 rings (SSSR count). The first kappa shape index (κ1) is 22.0. The van der Waals surface area contributed by atoms with Crippen molar-refractivity contribution < 1.29 is 14.3 Å². The minimum atomic E-state index is -0.260. The van der Waals surface area contributed by atoms with Crippen LogP contribution in [0, 0.1) is 0 Å². The van der Waals surface area contributed by atoms with Gasteiger partial charge in [0.15, 0.2) is 11.5 Å². The quantitative estimate of drug-likeness (QED) is 0.411. The number of para-hydroxylation sites is 1. The van der Waals surface area contributed by atoms with Crippen LogP contribution in [0.5, 0.6) is 5.75 Å². The van der Waals surface area contributed by atoms with Crippen molar-refractivity contribution in [1.82, 2.24) is 30.2 Å². The number of nitrogens with zero attached hydrogens (tertiary/aromatic N) is 5. The SMILES string of the molecule is COC(C)CNC(=O)c1cc(OC[C@H]2CCCN2c2ncnc3nc[nH]c23)c2ccccc2n1. The second-order valence-corrected chi connectivity index (χ2v) is 8.38. The maximum Gasteiger partial charge on any atom is 0.270 e. The molecule has 1 amide bonds. The summed E-state index contributed by atoms with van der Waals surface area (Å²) in [7, 11) is 1.61. The van der Waals surface area contributed by atoms with Crippen molar-refractivity contribution in [2.45, 2.75) is 31.9 Å². The lowest BCUT2D eigenvalue weighted by molar-refractivity contribution is 0.0866. The summed E-state index contributed by atoms with van der Waals surface area (Å²) in [6.07, 6.45) is 5.10. The highest BCUT2D eigenvalue weighted by atomic mass is 16.5. The van der Waals surface area contributed by atoms with Crippen LogP contribution in [-0.4, -0.2) is 69.8 Å². The summed E-state index contributed by atoms with van der Waals surface area (Å²) in [6.45, 7) is 3.62. The average molecular weight is 462 g/mol. The van der Waals surface area contributed by atoms with Gasteiger partial charge in [0.25, 0.3) is 5.91 Å². The van der Waals surface area contributed by atoms with Crippen molar-refractivity contribution in [3.63, 3.8) is 0 Å². The molecule has 1 aliphatic rings. The van der Waals surface area contributed by atoms with Gasteiger partial charge in [-0.15, -0.1) is 0 Å². The largest absolute Gasteiger partial charge is 0.491 e. The number of aromatic amines is 1. The molecule has 4 aromatic rings. The van der Waals surface area contributed by atoms with E-state index in [1.165, 1.54) is 0 Å². The first-order valence-electron chi connectivity index (χ1n) is 11.4. The first-order valence-corrected chi connectivity index (χ1v) is 11.4. The highest BCUT2D eigenvalue weighted by molar-refractivity contribution is 5.97. The van der Waals surface area contributed by atoms with E-state index in [1.54, 1.807) is 25.8 Å². The Balaban J connectivity index is 1.38. The Morgan fingerprint density at radius 3 is 3.06 bits per heavy atom. The number of carbonyl (C=O) groups is 1. The zero-order chi connectivity index (χ0) is 23.5. The lowest BCUT2D eigenvalue weighted by atomic mass is 10.1. The van der Waals surface area contributed by atoms with Crippen molar-refractivity contribution in [2.75, 3.05) is 31.7 Å². The van der Waals surface area contributed by atoms with E-state index in [1.807, 2.05) is 31.2 Å². The second-order valence-electron chi connectivity index (χ2n) is 8.38. The third-order valence-electron chi connectivity index (χ3n) is 6.15. The molecule has 1 saturated heterocycles. The summed E-state index contributed by atoms with van der Waals surface area (Å²) in [6, 6.07) is 9.53. The van der Waals surface area contributed by atoms with Gasteiger partial charge in [0, 0.05) is 31.7 Å². The normalized spacial score (nSPS) is 16.8. The van der Waals surface area contributed by atoms with E-state index in [0.717, 1.165) is 36.1 Å². The fourth-order valence-corrected chi connectivity index (χ4v) is 4.23. The summed E-state index contributed by atoms with van der Waals surface area (Å²) in [4.78, 5) is 35.6. The van der Waals surface area contributed by atoms with E-state index in [4.69, 9.17) is 9.47 Å². The van der Waals surface area contributed by atoms with Gasteiger partial charge in [0.2, 0.25) is 0 Å². The summed E-state index contributed by atoms with van der Waals surface area (Å²) < 4.78 is 11.5. The molecule has 1 aromatic carbocycles. The molecule has 3 aromatic heterocycles. The molecule has 1 fully saturated rings. The first-order chi connectivity index (χ1) is 16.6. The topological polar surface area (TPSA) is 118 Å². The molecule has 2 N–H and O–H groups in total. The molecule has 176 valence electrons. The summed E-state index contributed by atoms with van der Waals surface area (Å²) >= 11 is 0. The predicted molar refractivity (Wildman–Crippen MR) is 128 cm³/mol. The molecule has 0 radical (unpaired) electrons. The van der Waals surface area contributed by atoms with Crippen LogP contribution in [0.2, 0.25) is 0 Å². The maximum absolute atomic E-state index is 12.7.